The van der Waals surface area contributed by atoms with Gasteiger partial charge in [0.05, 0.1) is 18.0 Å². The largest absolute Gasteiger partial charge is 0.378 e. The van der Waals surface area contributed by atoms with Crippen LogP contribution in [0.2, 0.25) is 0 Å². The first-order chi connectivity index (χ1) is 11.0. The number of aromatic nitrogens is 2. The van der Waals surface area contributed by atoms with Crippen molar-refractivity contribution in [3.8, 4) is 0 Å². The maximum atomic E-state index is 12.5. The Morgan fingerprint density at radius 3 is 2.57 bits per heavy atom. The van der Waals surface area contributed by atoms with Gasteiger partial charge in [-0.05, 0) is 43.9 Å². The van der Waals surface area contributed by atoms with Crippen molar-refractivity contribution in [3.05, 3.63) is 23.8 Å². The van der Waals surface area contributed by atoms with Crippen LogP contribution in [-0.2, 0) is 4.74 Å². The average molecular weight is 317 g/mol. The second-order valence-corrected chi connectivity index (χ2v) is 7.59. The number of amides is 1. The van der Waals surface area contributed by atoms with Gasteiger partial charge in [0.1, 0.15) is 5.69 Å². The molecule has 0 radical (unpaired) electrons. The first kappa shape index (κ1) is 16.4. The average Bonchev–Trinajstić information content (AvgIpc) is 2.51. The molecule has 0 atom stereocenters. The van der Waals surface area contributed by atoms with Crippen LogP contribution in [0.25, 0.3) is 0 Å². The van der Waals surface area contributed by atoms with E-state index in [0.717, 1.165) is 51.1 Å². The molecule has 1 saturated carbocycles. The molecule has 23 heavy (non-hydrogen) atoms. The van der Waals surface area contributed by atoms with E-state index in [1.54, 1.807) is 12.4 Å². The summed E-state index contributed by atoms with van der Waals surface area (Å²) in [6.07, 6.45) is 8.15. The molecule has 2 fully saturated rings. The Morgan fingerprint density at radius 2 is 2.00 bits per heavy atom. The standard InChI is InChI=1S/C18H27N3O2/c1-13(2)12-23-15-8-18(9-15)4-6-21(7-5-18)17(22)16-11-19-14(3)10-20-16/h10-11,13,15H,4-9,12H2,1-3H3. The van der Waals surface area contributed by atoms with Gasteiger partial charge in [-0.1, -0.05) is 13.8 Å². The lowest BCUT2D eigenvalue weighted by Crippen LogP contribution is -2.51. The Kier molecular flexibility index (Phi) is 4.67. The van der Waals surface area contributed by atoms with Crippen molar-refractivity contribution in [2.45, 2.75) is 52.6 Å². The molecular formula is C18H27N3O2. The van der Waals surface area contributed by atoms with Gasteiger partial charge in [-0.2, -0.15) is 0 Å². The summed E-state index contributed by atoms with van der Waals surface area (Å²) in [7, 11) is 0. The lowest BCUT2D eigenvalue weighted by molar-refractivity contribution is -0.107. The van der Waals surface area contributed by atoms with Crippen molar-refractivity contribution in [3.63, 3.8) is 0 Å². The zero-order valence-corrected chi connectivity index (χ0v) is 14.4. The summed E-state index contributed by atoms with van der Waals surface area (Å²) in [5.74, 6) is 0.612. The predicted molar refractivity (Wildman–Crippen MR) is 88.2 cm³/mol. The van der Waals surface area contributed by atoms with Crippen LogP contribution in [0.15, 0.2) is 12.4 Å². The van der Waals surface area contributed by atoms with Crippen LogP contribution in [0.3, 0.4) is 0 Å². The molecule has 1 saturated heterocycles. The summed E-state index contributed by atoms with van der Waals surface area (Å²) < 4.78 is 5.92. The molecule has 0 N–H and O–H groups in total. The molecule has 0 bridgehead atoms. The third-order valence-electron chi connectivity index (χ3n) is 5.10. The lowest BCUT2D eigenvalue weighted by atomic mass is 9.61. The van der Waals surface area contributed by atoms with E-state index in [-0.39, 0.29) is 5.91 Å². The van der Waals surface area contributed by atoms with Gasteiger partial charge in [0.25, 0.3) is 5.91 Å². The highest BCUT2D eigenvalue weighted by molar-refractivity contribution is 5.92. The van der Waals surface area contributed by atoms with E-state index in [4.69, 9.17) is 4.74 Å². The van der Waals surface area contributed by atoms with E-state index in [9.17, 15) is 4.79 Å². The third kappa shape index (κ3) is 3.71. The lowest BCUT2D eigenvalue weighted by Gasteiger charge is -2.52. The van der Waals surface area contributed by atoms with Crippen molar-refractivity contribution in [2.75, 3.05) is 19.7 Å². The predicted octanol–water partition coefficient (Wildman–Crippen LogP) is 2.84. The van der Waals surface area contributed by atoms with Gasteiger partial charge < -0.3 is 9.64 Å². The first-order valence-electron chi connectivity index (χ1n) is 8.67. The first-order valence-corrected chi connectivity index (χ1v) is 8.67. The third-order valence-corrected chi connectivity index (χ3v) is 5.10. The topological polar surface area (TPSA) is 55.3 Å². The molecule has 0 unspecified atom stereocenters. The molecule has 1 amide bonds. The normalized spacial score (nSPS) is 20.8. The molecule has 126 valence electrons. The van der Waals surface area contributed by atoms with Gasteiger partial charge in [-0.3, -0.25) is 9.78 Å². The number of hydrogen-bond donors (Lipinski definition) is 0. The fourth-order valence-corrected chi connectivity index (χ4v) is 3.61. The Labute approximate surface area is 138 Å². The molecule has 2 aliphatic rings. The molecule has 0 aromatic carbocycles. The number of nitrogens with zero attached hydrogens (tertiary/aromatic N) is 3. The molecule has 1 aliphatic carbocycles. The van der Waals surface area contributed by atoms with E-state index >= 15 is 0 Å². The van der Waals surface area contributed by atoms with Gasteiger partial charge in [-0.15, -0.1) is 0 Å². The van der Waals surface area contributed by atoms with E-state index in [2.05, 4.69) is 23.8 Å². The van der Waals surface area contributed by atoms with Gasteiger partial charge in [0, 0.05) is 25.9 Å². The smallest absolute Gasteiger partial charge is 0.274 e. The van der Waals surface area contributed by atoms with Crippen LogP contribution in [0.1, 0.15) is 55.7 Å². The Hall–Kier alpha value is -1.49. The van der Waals surface area contributed by atoms with Crippen molar-refractivity contribution >= 4 is 5.91 Å². The molecule has 1 spiro atoms. The van der Waals surface area contributed by atoms with Gasteiger partial charge in [-0.25, -0.2) is 4.98 Å². The molecule has 5 nitrogen and oxygen atoms in total. The maximum Gasteiger partial charge on any atom is 0.274 e. The van der Waals surface area contributed by atoms with Crippen LogP contribution in [0.5, 0.6) is 0 Å². The molecule has 2 heterocycles. The van der Waals surface area contributed by atoms with Gasteiger partial charge >= 0.3 is 0 Å². The highest BCUT2D eigenvalue weighted by Gasteiger charge is 2.47. The van der Waals surface area contributed by atoms with Crippen LogP contribution >= 0.6 is 0 Å². The molecular weight excluding hydrogens is 290 g/mol. The Balaban J connectivity index is 1.48. The van der Waals surface area contributed by atoms with Crippen molar-refractivity contribution < 1.29 is 9.53 Å². The maximum absolute atomic E-state index is 12.5. The minimum Gasteiger partial charge on any atom is -0.378 e. The van der Waals surface area contributed by atoms with E-state index in [0.29, 0.717) is 23.1 Å². The second kappa shape index (κ2) is 6.56. The monoisotopic (exact) mass is 317 g/mol. The molecule has 1 aromatic rings. The minimum absolute atomic E-state index is 0.0132. The minimum atomic E-state index is 0.0132. The van der Waals surface area contributed by atoms with Crippen molar-refractivity contribution in [1.29, 1.82) is 0 Å². The number of rotatable bonds is 4. The summed E-state index contributed by atoms with van der Waals surface area (Å²) >= 11 is 0. The fraction of sp³-hybridized carbons (Fsp3) is 0.722. The number of piperidine rings is 1. The molecule has 3 rings (SSSR count). The molecule has 1 aromatic heterocycles. The summed E-state index contributed by atoms with van der Waals surface area (Å²) in [6, 6.07) is 0. The quantitative estimate of drug-likeness (QED) is 0.857. The number of carbonyl (C=O) groups is 1. The summed E-state index contributed by atoms with van der Waals surface area (Å²) in [5, 5.41) is 0. The number of aryl methyl sites for hydroxylation is 1. The number of likely N-dealkylation sites (tertiary alicyclic amines) is 1. The Bertz CT molecular complexity index is 540. The fourth-order valence-electron chi connectivity index (χ4n) is 3.61. The van der Waals surface area contributed by atoms with Crippen molar-refractivity contribution in [1.82, 2.24) is 14.9 Å². The summed E-state index contributed by atoms with van der Waals surface area (Å²) in [4.78, 5) is 22.8. The van der Waals surface area contributed by atoms with Crippen LogP contribution in [0.4, 0.5) is 0 Å². The van der Waals surface area contributed by atoms with E-state index in [1.165, 1.54) is 0 Å². The zero-order chi connectivity index (χ0) is 16.4. The van der Waals surface area contributed by atoms with E-state index in [1.807, 2.05) is 11.8 Å². The zero-order valence-electron chi connectivity index (χ0n) is 14.4. The van der Waals surface area contributed by atoms with Crippen LogP contribution < -0.4 is 0 Å². The van der Waals surface area contributed by atoms with E-state index < -0.39 is 0 Å². The summed E-state index contributed by atoms with van der Waals surface area (Å²) in [5.41, 5.74) is 1.71. The Morgan fingerprint density at radius 1 is 1.30 bits per heavy atom. The number of ether oxygens (including phenoxy) is 1. The molecule has 5 heteroatoms. The SMILES string of the molecule is Cc1cnc(C(=O)N2CCC3(CC2)CC(OCC(C)C)C3)cn1. The highest BCUT2D eigenvalue weighted by Crippen LogP contribution is 2.50. The number of carbonyl (C=O) groups excluding carboxylic acids is 1. The summed E-state index contributed by atoms with van der Waals surface area (Å²) in [6.45, 7) is 8.76. The van der Waals surface area contributed by atoms with Crippen LogP contribution in [-0.4, -0.2) is 46.6 Å². The molecule has 1 aliphatic heterocycles. The van der Waals surface area contributed by atoms with Gasteiger partial charge in [0.15, 0.2) is 0 Å². The second-order valence-electron chi connectivity index (χ2n) is 7.59. The van der Waals surface area contributed by atoms with Crippen molar-refractivity contribution in [2.24, 2.45) is 11.3 Å². The van der Waals surface area contributed by atoms with Crippen LogP contribution in [0, 0.1) is 18.3 Å². The number of hydrogen-bond acceptors (Lipinski definition) is 4. The highest BCUT2D eigenvalue weighted by atomic mass is 16.5. The van der Waals surface area contributed by atoms with Gasteiger partial charge in [0.2, 0.25) is 0 Å².